The van der Waals surface area contributed by atoms with E-state index in [0.717, 1.165) is 29.0 Å². The second-order valence-electron chi connectivity index (χ2n) is 5.91. The minimum absolute atomic E-state index is 0.0485. The molecule has 6 heteroatoms. The van der Waals surface area contributed by atoms with Crippen molar-refractivity contribution in [3.63, 3.8) is 0 Å². The van der Waals surface area contributed by atoms with Gasteiger partial charge in [0, 0.05) is 35.1 Å². The standard InChI is InChI=1S/C17H14Br4O2/c18-11-1-9(2-12(19)5-11)15-16(17(15,7-22)8-23)10-3-13(20)6-14(21)4-10/h1-6,15-16,22-23H,7-8H2. The van der Waals surface area contributed by atoms with E-state index in [-0.39, 0.29) is 25.0 Å². The summed E-state index contributed by atoms with van der Waals surface area (Å²) in [5.74, 6) is 0.153. The van der Waals surface area contributed by atoms with E-state index in [1.165, 1.54) is 0 Å². The normalized spacial score (nSPS) is 22.2. The number of halogens is 4. The first-order valence-electron chi connectivity index (χ1n) is 7.05. The molecule has 0 heterocycles. The lowest BCUT2D eigenvalue weighted by molar-refractivity contribution is 0.125. The summed E-state index contributed by atoms with van der Waals surface area (Å²) in [5.41, 5.74) is 1.69. The maximum Gasteiger partial charge on any atom is 0.0521 e. The van der Waals surface area contributed by atoms with E-state index in [1.54, 1.807) is 0 Å². The summed E-state index contributed by atoms with van der Waals surface area (Å²) >= 11 is 14.1. The van der Waals surface area contributed by atoms with Crippen LogP contribution in [0, 0.1) is 5.41 Å². The van der Waals surface area contributed by atoms with Crippen molar-refractivity contribution in [2.45, 2.75) is 11.8 Å². The molecular weight excluding hydrogens is 556 g/mol. The van der Waals surface area contributed by atoms with Crippen LogP contribution >= 0.6 is 63.7 Å². The maximum absolute atomic E-state index is 9.99. The number of hydrogen-bond acceptors (Lipinski definition) is 2. The summed E-state index contributed by atoms with van der Waals surface area (Å²) in [4.78, 5) is 0. The molecule has 2 nitrogen and oxygen atoms in total. The van der Waals surface area contributed by atoms with Crippen molar-refractivity contribution in [2.24, 2.45) is 5.41 Å². The Balaban J connectivity index is 2.08. The third-order valence-electron chi connectivity index (χ3n) is 4.54. The van der Waals surface area contributed by atoms with E-state index in [9.17, 15) is 10.2 Å². The second-order valence-corrected chi connectivity index (χ2v) is 9.57. The van der Waals surface area contributed by atoms with Crippen LogP contribution in [0.15, 0.2) is 54.3 Å². The number of aliphatic hydroxyl groups is 2. The Morgan fingerprint density at radius 3 is 1.22 bits per heavy atom. The summed E-state index contributed by atoms with van der Waals surface area (Å²) < 4.78 is 3.92. The molecular formula is C17H14Br4O2. The quantitative estimate of drug-likeness (QED) is 0.504. The zero-order valence-corrected chi connectivity index (χ0v) is 18.3. The van der Waals surface area contributed by atoms with Crippen LogP contribution in [0.4, 0.5) is 0 Å². The molecule has 3 rings (SSSR count). The van der Waals surface area contributed by atoms with E-state index >= 15 is 0 Å². The van der Waals surface area contributed by atoms with Gasteiger partial charge in [-0.25, -0.2) is 0 Å². The van der Waals surface area contributed by atoms with Crippen LogP contribution in [0.2, 0.25) is 0 Å². The molecule has 2 aromatic carbocycles. The van der Waals surface area contributed by atoms with E-state index in [1.807, 2.05) is 12.1 Å². The summed E-state index contributed by atoms with van der Waals surface area (Å²) in [6.45, 7) is -0.0970. The molecule has 0 radical (unpaired) electrons. The Hall–Kier alpha value is 0.280. The van der Waals surface area contributed by atoms with Gasteiger partial charge in [-0.05, 0) is 47.5 Å². The van der Waals surface area contributed by atoms with Gasteiger partial charge >= 0.3 is 0 Å². The van der Waals surface area contributed by atoms with E-state index in [0.29, 0.717) is 0 Å². The third kappa shape index (κ3) is 3.35. The van der Waals surface area contributed by atoms with Gasteiger partial charge in [0.2, 0.25) is 0 Å². The van der Waals surface area contributed by atoms with Crippen molar-refractivity contribution in [3.8, 4) is 0 Å². The lowest BCUT2D eigenvalue weighted by Crippen LogP contribution is -2.16. The Morgan fingerprint density at radius 1 is 0.652 bits per heavy atom. The minimum Gasteiger partial charge on any atom is -0.396 e. The van der Waals surface area contributed by atoms with E-state index in [4.69, 9.17) is 0 Å². The van der Waals surface area contributed by atoms with E-state index < -0.39 is 5.41 Å². The molecule has 0 saturated heterocycles. The fourth-order valence-electron chi connectivity index (χ4n) is 3.49. The van der Waals surface area contributed by atoms with Crippen LogP contribution in [-0.4, -0.2) is 23.4 Å². The Bertz CT molecular complexity index is 643. The van der Waals surface area contributed by atoms with Gasteiger partial charge in [0.15, 0.2) is 0 Å². The zero-order valence-electron chi connectivity index (χ0n) is 11.9. The highest BCUT2D eigenvalue weighted by molar-refractivity contribution is 9.11. The molecule has 0 spiro atoms. The van der Waals surface area contributed by atoms with Crippen molar-refractivity contribution < 1.29 is 10.2 Å². The predicted octanol–water partition coefficient (Wildman–Crippen LogP) is 5.59. The smallest absolute Gasteiger partial charge is 0.0521 e. The van der Waals surface area contributed by atoms with Crippen molar-refractivity contribution in [1.82, 2.24) is 0 Å². The lowest BCUT2D eigenvalue weighted by atomic mass is 10.00. The van der Waals surface area contributed by atoms with Crippen LogP contribution in [0.5, 0.6) is 0 Å². The van der Waals surface area contributed by atoms with Crippen LogP contribution < -0.4 is 0 Å². The summed E-state index contributed by atoms with van der Waals surface area (Å²) in [6.07, 6.45) is 0. The second kappa shape index (κ2) is 6.89. The third-order valence-corrected chi connectivity index (χ3v) is 6.37. The first-order valence-corrected chi connectivity index (χ1v) is 10.2. The van der Waals surface area contributed by atoms with Crippen molar-refractivity contribution >= 4 is 63.7 Å². The molecule has 0 amide bonds. The van der Waals surface area contributed by atoms with Crippen molar-refractivity contribution in [3.05, 3.63) is 65.4 Å². The SMILES string of the molecule is OCC1(CO)C(c2cc(Br)cc(Br)c2)C1c1cc(Br)cc(Br)c1. The molecule has 0 bridgehead atoms. The van der Waals surface area contributed by atoms with Gasteiger partial charge in [0.25, 0.3) is 0 Å². The Morgan fingerprint density at radius 2 is 0.957 bits per heavy atom. The molecule has 1 aliphatic carbocycles. The van der Waals surface area contributed by atoms with Gasteiger partial charge in [-0.1, -0.05) is 63.7 Å². The lowest BCUT2D eigenvalue weighted by Gasteiger charge is -2.12. The van der Waals surface area contributed by atoms with Crippen LogP contribution in [0.3, 0.4) is 0 Å². The first-order chi connectivity index (χ1) is 10.9. The summed E-state index contributed by atoms with van der Waals surface area (Å²) in [6, 6.07) is 12.2. The fourth-order valence-corrected chi connectivity index (χ4v) is 6.15. The number of hydrogen-bond donors (Lipinski definition) is 2. The van der Waals surface area contributed by atoms with Crippen molar-refractivity contribution in [1.29, 1.82) is 0 Å². The molecule has 122 valence electrons. The summed E-state index contributed by atoms with van der Waals surface area (Å²) in [5, 5.41) is 20.0. The van der Waals surface area contributed by atoms with Gasteiger partial charge in [-0.2, -0.15) is 0 Å². The highest BCUT2D eigenvalue weighted by Crippen LogP contribution is 2.70. The molecule has 2 atom stereocenters. The van der Waals surface area contributed by atoms with Gasteiger partial charge in [0.1, 0.15) is 0 Å². The first kappa shape index (κ1) is 18.1. The molecule has 23 heavy (non-hydrogen) atoms. The minimum atomic E-state index is -0.527. The average molecular weight is 570 g/mol. The molecule has 0 aliphatic heterocycles. The predicted molar refractivity (Wildman–Crippen MR) is 106 cm³/mol. The maximum atomic E-state index is 9.99. The van der Waals surface area contributed by atoms with Gasteiger partial charge in [-0.3, -0.25) is 0 Å². The number of benzene rings is 2. The van der Waals surface area contributed by atoms with Crippen LogP contribution in [0.25, 0.3) is 0 Å². The number of rotatable bonds is 4. The molecule has 1 saturated carbocycles. The van der Waals surface area contributed by atoms with Gasteiger partial charge < -0.3 is 10.2 Å². The molecule has 1 aliphatic rings. The zero-order chi connectivity index (χ0) is 16.8. The topological polar surface area (TPSA) is 40.5 Å². The monoisotopic (exact) mass is 566 g/mol. The van der Waals surface area contributed by atoms with E-state index in [2.05, 4.69) is 88.0 Å². The molecule has 1 fully saturated rings. The van der Waals surface area contributed by atoms with Crippen LogP contribution in [0.1, 0.15) is 23.0 Å². The number of aliphatic hydroxyl groups excluding tert-OH is 2. The van der Waals surface area contributed by atoms with Crippen molar-refractivity contribution in [2.75, 3.05) is 13.2 Å². The molecule has 0 aromatic heterocycles. The Labute approximate surface area is 168 Å². The van der Waals surface area contributed by atoms with Gasteiger partial charge in [-0.15, -0.1) is 0 Å². The molecule has 2 unspecified atom stereocenters. The van der Waals surface area contributed by atoms with Crippen LogP contribution in [-0.2, 0) is 0 Å². The largest absolute Gasteiger partial charge is 0.396 e. The highest BCUT2D eigenvalue weighted by atomic mass is 79.9. The Kier molecular flexibility index (Phi) is 5.41. The molecule has 2 aromatic rings. The molecule has 2 N–H and O–H groups in total. The fraction of sp³-hybridized carbons (Fsp3) is 0.294. The summed E-state index contributed by atoms with van der Waals surface area (Å²) in [7, 11) is 0. The highest BCUT2D eigenvalue weighted by Gasteiger charge is 2.65. The average Bonchev–Trinajstić information content (AvgIpc) is 3.15. The van der Waals surface area contributed by atoms with Gasteiger partial charge in [0.05, 0.1) is 13.2 Å².